The monoisotopic (exact) mass is 246 g/mol. The third kappa shape index (κ3) is 4.92. The highest BCUT2D eigenvalue weighted by Gasteiger charge is 2.14. The molecule has 90 valence electrons. The molecule has 0 fully saturated rings. The summed E-state index contributed by atoms with van der Waals surface area (Å²) in [6, 6.07) is 0. The van der Waals surface area contributed by atoms with E-state index >= 15 is 0 Å². The molecule has 5 nitrogen and oxygen atoms in total. The van der Waals surface area contributed by atoms with Crippen molar-refractivity contribution in [2.24, 2.45) is 0 Å². The molecule has 0 radical (unpaired) electrons. The molecule has 0 bridgehead atoms. The maximum absolute atomic E-state index is 11.6. The van der Waals surface area contributed by atoms with Crippen LogP contribution >= 0.6 is 0 Å². The van der Waals surface area contributed by atoms with Gasteiger partial charge in [0.25, 0.3) is 0 Å². The van der Waals surface area contributed by atoms with Crippen molar-refractivity contribution in [3.8, 4) is 0 Å². The van der Waals surface area contributed by atoms with Crippen molar-refractivity contribution >= 4 is 10.8 Å². The molecule has 0 unspecified atom stereocenters. The fourth-order valence-electron chi connectivity index (χ4n) is 0.589. The molecule has 0 rings (SSSR count). The first kappa shape index (κ1) is 14.6. The minimum atomic E-state index is -1.83. The van der Waals surface area contributed by atoms with Crippen LogP contribution in [0, 0.1) is 0 Å². The van der Waals surface area contributed by atoms with Gasteiger partial charge in [0.1, 0.15) is 24.7 Å². The van der Waals surface area contributed by atoms with E-state index in [2.05, 4.69) is 26.3 Å². The van der Waals surface area contributed by atoms with Crippen LogP contribution < -0.4 is 0 Å². The highest BCUT2D eigenvalue weighted by Crippen LogP contribution is 2.16. The van der Waals surface area contributed by atoms with Crippen LogP contribution in [0.4, 0.5) is 0 Å². The molecule has 6 heteroatoms. The van der Waals surface area contributed by atoms with Crippen molar-refractivity contribution < 1.29 is 23.9 Å². The van der Waals surface area contributed by atoms with E-state index in [1.54, 1.807) is 0 Å². The van der Waals surface area contributed by atoms with Crippen molar-refractivity contribution in [3.63, 3.8) is 0 Å². The SMILES string of the molecule is C=C(CO)OC(=C)S(=O)C(=C)OC(=C)CO. The quantitative estimate of drug-likeness (QED) is 0.617. The minimum Gasteiger partial charge on any atom is -0.451 e. The molecule has 0 aliphatic carbocycles. The molecule has 0 saturated carbocycles. The van der Waals surface area contributed by atoms with E-state index in [1.807, 2.05) is 0 Å². The fraction of sp³-hybridized carbons (Fsp3) is 0.200. The Kier molecular flexibility index (Phi) is 6.40. The topological polar surface area (TPSA) is 76.0 Å². The summed E-state index contributed by atoms with van der Waals surface area (Å²) in [4.78, 5) is 0. The van der Waals surface area contributed by atoms with Gasteiger partial charge in [0, 0.05) is 0 Å². The van der Waals surface area contributed by atoms with Gasteiger partial charge >= 0.3 is 0 Å². The Morgan fingerprint density at radius 2 is 1.25 bits per heavy atom. The lowest BCUT2D eigenvalue weighted by Crippen LogP contribution is -2.06. The molecule has 0 aromatic carbocycles. The van der Waals surface area contributed by atoms with Gasteiger partial charge in [-0.1, -0.05) is 13.2 Å². The zero-order chi connectivity index (χ0) is 12.7. The summed E-state index contributed by atoms with van der Waals surface area (Å²) >= 11 is 0. The van der Waals surface area contributed by atoms with Crippen molar-refractivity contribution in [2.75, 3.05) is 13.2 Å². The van der Waals surface area contributed by atoms with Crippen molar-refractivity contribution in [3.05, 3.63) is 48.0 Å². The van der Waals surface area contributed by atoms with E-state index in [0.717, 1.165) is 0 Å². The van der Waals surface area contributed by atoms with Crippen LogP contribution in [0.1, 0.15) is 0 Å². The Morgan fingerprint density at radius 1 is 0.938 bits per heavy atom. The van der Waals surface area contributed by atoms with Gasteiger partial charge in [-0.25, -0.2) is 4.21 Å². The van der Waals surface area contributed by atoms with E-state index in [0.29, 0.717) is 0 Å². The van der Waals surface area contributed by atoms with E-state index in [9.17, 15) is 4.21 Å². The van der Waals surface area contributed by atoms with Gasteiger partial charge in [-0.15, -0.1) is 0 Å². The van der Waals surface area contributed by atoms with Gasteiger partial charge in [-0.05, 0) is 13.2 Å². The van der Waals surface area contributed by atoms with Crippen LogP contribution in [0.25, 0.3) is 0 Å². The van der Waals surface area contributed by atoms with Crippen LogP contribution in [-0.2, 0) is 20.3 Å². The Bertz CT molecular complexity index is 313. The third-order valence-corrected chi connectivity index (χ3v) is 2.28. The summed E-state index contributed by atoms with van der Waals surface area (Å²) in [5.41, 5.74) is 0. The van der Waals surface area contributed by atoms with Gasteiger partial charge in [0.2, 0.25) is 0 Å². The summed E-state index contributed by atoms with van der Waals surface area (Å²) in [6.07, 6.45) is 0. The highest BCUT2D eigenvalue weighted by molar-refractivity contribution is 7.92. The Hall–Kier alpha value is -1.37. The first-order valence-corrected chi connectivity index (χ1v) is 5.30. The molecule has 16 heavy (non-hydrogen) atoms. The smallest absolute Gasteiger partial charge is 0.191 e. The molecule has 0 aromatic rings. The number of aliphatic hydroxyl groups is 2. The van der Waals surface area contributed by atoms with E-state index < -0.39 is 24.0 Å². The molecule has 0 saturated heterocycles. The lowest BCUT2D eigenvalue weighted by atomic mass is 10.6. The van der Waals surface area contributed by atoms with Gasteiger partial charge in [-0.2, -0.15) is 0 Å². The number of hydrogen-bond acceptors (Lipinski definition) is 5. The lowest BCUT2D eigenvalue weighted by Gasteiger charge is -2.11. The van der Waals surface area contributed by atoms with Gasteiger partial charge in [0.15, 0.2) is 21.0 Å². The maximum Gasteiger partial charge on any atom is 0.191 e. The summed E-state index contributed by atoms with van der Waals surface area (Å²) < 4.78 is 21.2. The second-order valence-corrected chi connectivity index (χ2v) is 4.06. The minimum absolute atomic E-state index is 0.00661. The number of rotatable bonds is 8. The van der Waals surface area contributed by atoms with Crippen LogP contribution in [0.15, 0.2) is 48.0 Å². The molecule has 0 atom stereocenters. The number of hydrogen-bond donors (Lipinski definition) is 2. The molecular weight excluding hydrogens is 232 g/mol. The second kappa shape index (κ2) is 7.00. The number of ether oxygens (including phenoxy) is 2. The van der Waals surface area contributed by atoms with Crippen LogP contribution in [0.5, 0.6) is 0 Å². The second-order valence-electron chi connectivity index (χ2n) is 2.61. The Labute approximate surface area is 96.5 Å². The van der Waals surface area contributed by atoms with Crippen LogP contribution in [0.2, 0.25) is 0 Å². The summed E-state index contributed by atoms with van der Waals surface area (Å²) in [7, 11) is -1.83. The molecule has 0 heterocycles. The van der Waals surface area contributed by atoms with Crippen LogP contribution in [-0.4, -0.2) is 27.6 Å². The predicted molar refractivity (Wildman–Crippen MR) is 61.0 cm³/mol. The molecule has 0 aromatic heterocycles. The summed E-state index contributed by atoms with van der Waals surface area (Å²) in [5.74, 6) is 0.0132. The maximum atomic E-state index is 11.6. The van der Waals surface area contributed by atoms with Gasteiger partial charge in [0.05, 0.1) is 0 Å². The molecule has 0 amide bonds. The van der Waals surface area contributed by atoms with Gasteiger partial charge < -0.3 is 19.7 Å². The molecule has 0 aliphatic rings. The fourth-order valence-corrected chi connectivity index (χ4v) is 1.23. The Balaban J connectivity index is 4.34. The summed E-state index contributed by atoms with van der Waals surface area (Å²) in [6.45, 7) is 12.6. The molecular formula is C10H14O5S. The molecule has 0 spiro atoms. The first-order valence-electron chi connectivity index (χ1n) is 4.15. The highest BCUT2D eigenvalue weighted by atomic mass is 32.2. The summed E-state index contributed by atoms with van der Waals surface area (Å²) in [5, 5.41) is 16.9. The zero-order valence-electron chi connectivity index (χ0n) is 8.77. The normalized spacial score (nSPS) is 9.69. The molecule has 0 aliphatic heterocycles. The van der Waals surface area contributed by atoms with Crippen molar-refractivity contribution in [1.29, 1.82) is 0 Å². The lowest BCUT2D eigenvalue weighted by molar-refractivity contribution is 0.224. The predicted octanol–water partition coefficient (Wildman–Crippen LogP) is 0.723. The standard InChI is InChI=1S/C10H14O5S/c1-7(5-11)14-9(3)16(13)10(4)15-8(2)6-12/h11-12H,1-6H2. The van der Waals surface area contributed by atoms with Gasteiger partial charge in [-0.3, -0.25) is 0 Å². The van der Waals surface area contributed by atoms with Crippen LogP contribution in [0.3, 0.4) is 0 Å². The third-order valence-electron chi connectivity index (χ3n) is 1.28. The largest absolute Gasteiger partial charge is 0.451 e. The Morgan fingerprint density at radius 3 is 1.50 bits per heavy atom. The van der Waals surface area contributed by atoms with Crippen molar-refractivity contribution in [1.82, 2.24) is 0 Å². The zero-order valence-corrected chi connectivity index (χ0v) is 9.59. The molecule has 2 N–H and O–H groups in total. The number of aliphatic hydroxyl groups excluding tert-OH is 2. The average Bonchev–Trinajstić information content (AvgIpc) is 2.27. The van der Waals surface area contributed by atoms with Crippen molar-refractivity contribution in [2.45, 2.75) is 0 Å². The van der Waals surface area contributed by atoms with E-state index in [4.69, 9.17) is 19.7 Å². The first-order chi connectivity index (χ1) is 7.42. The average molecular weight is 246 g/mol. The van der Waals surface area contributed by atoms with E-state index in [1.165, 1.54) is 0 Å². The van der Waals surface area contributed by atoms with E-state index in [-0.39, 0.29) is 21.7 Å².